The van der Waals surface area contributed by atoms with Gasteiger partial charge in [-0.2, -0.15) is 35.2 Å². The van der Waals surface area contributed by atoms with Crippen LogP contribution >= 0.6 is 69.6 Å². The first-order chi connectivity index (χ1) is 41.9. The Morgan fingerprint density at radius 2 is 0.888 bits per heavy atom. The smallest absolute Gasteiger partial charge is 1.00 e. The number of halogens is 6. The van der Waals surface area contributed by atoms with Gasteiger partial charge in [0.25, 0.3) is 0 Å². The Morgan fingerprint density at radius 3 is 1.21 bits per heavy atom. The summed E-state index contributed by atoms with van der Waals surface area (Å²) in [6.45, 7) is 25.1. The third-order valence-corrected chi connectivity index (χ3v) is 16.1. The van der Waals surface area contributed by atoms with Gasteiger partial charge >= 0.3 is 29.6 Å². The molecule has 3 saturated heterocycles. The van der Waals surface area contributed by atoms with E-state index in [1.54, 1.807) is 111 Å². The topological polar surface area (TPSA) is 259 Å². The van der Waals surface area contributed by atoms with Crippen LogP contribution in [-0.4, -0.2) is 102 Å². The van der Waals surface area contributed by atoms with Crippen molar-refractivity contribution in [3.8, 4) is 23.5 Å². The molecule has 0 saturated carbocycles. The maximum absolute atomic E-state index is 12.0. The molecule has 3 aliphatic rings. The number of hydrogen-bond donors (Lipinski definition) is 1. The van der Waals surface area contributed by atoms with Gasteiger partial charge in [-0.15, -0.1) is 23.2 Å². The second-order valence-electron chi connectivity index (χ2n) is 21.8. The quantitative estimate of drug-likeness (QED) is 0.0842. The summed E-state index contributed by atoms with van der Waals surface area (Å²) in [7, 11) is 0. The number of imidazole rings is 3. The average Bonchev–Trinajstić information content (AvgIpc) is 2.31. The van der Waals surface area contributed by atoms with Crippen LogP contribution in [0.15, 0.2) is 70.5 Å². The van der Waals surface area contributed by atoms with Gasteiger partial charge in [0.2, 0.25) is 15.9 Å². The number of nitriles is 1. The summed E-state index contributed by atoms with van der Waals surface area (Å²) >= 11 is 33.6. The third-order valence-electron chi connectivity index (χ3n) is 15.3. The summed E-state index contributed by atoms with van der Waals surface area (Å²) in [6.07, 6.45) is 21.9. The maximum atomic E-state index is 12.0. The van der Waals surface area contributed by atoms with E-state index < -0.39 is 0 Å². The van der Waals surface area contributed by atoms with E-state index in [9.17, 15) is 14.4 Å². The molecular weight excluding hydrogens is 1280 g/mol. The number of rotatable bonds is 8. The molecule has 0 amide bonds. The Labute approximate surface area is 569 Å². The van der Waals surface area contributed by atoms with Gasteiger partial charge < -0.3 is 34.3 Å². The van der Waals surface area contributed by atoms with Crippen molar-refractivity contribution in [2.24, 2.45) is 17.8 Å². The fourth-order valence-corrected chi connectivity index (χ4v) is 11.8. The molecule has 12 heterocycles. The Bertz CT molecular complexity index is 3890. The Kier molecular flexibility index (Phi) is 26.7. The first kappa shape index (κ1) is 72.7. The van der Waals surface area contributed by atoms with Gasteiger partial charge in [-0.25, -0.2) is 15.0 Å². The summed E-state index contributed by atoms with van der Waals surface area (Å²) < 4.78 is 26.9. The molecule has 9 aromatic heterocycles. The van der Waals surface area contributed by atoms with Gasteiger partial charge in [0.05, 0.1) is 48.7 Å². The number of pyridine rings is 3. The standard InChI is InChI=1S/2C19H22ClN5O2.C12H10ClN5O.C7H13ClO.C2H3N.CH2Cl2.Na.H/c2*1-5-13-10(2)6-14(27-13)25-9-21-15-17(22-19(20)23-18(15)25)24-7-11(3)16(26)12(4)8-24;1-6-3-18(4-7(2)9(6)19)11-8-10(15-5-14-8)16-12(13)17-11;1-3-6-5(2)4-7(8)9-6;1-2-3;2-1-3;;/h2*7-10,13-14H,5-6H2,1-4H3;3-5H,1-2H3,(H,14,15,16,17);5-7H,3-4H2,1-2H3;1H3;1H2;;/q;;;;;;+1;-1/t10?,13-,14-;10-,13-,14+;;5?,6-,7+;;;;/m10.1..../s1. The Morgan fingerprint density at radius 1 is 0.562 bits per heavy atom. The molecular formula is C60H73Cl6N16NaO6. The molecule has 89 heavy (non-hydrogen) atoms. The van der Waals surface area contributed by atoms with E-state index in [2.05, 4.69) is 91.4 Å². The van der Waals surface area contributed by atoms with E-state index >= 15 is 0 Å². The van der Waals surface area contributed by atoms with Crippen molar-refractivity contribution in [3.05, 3.63) is 136 Å². The average molecular weight is 1350 g/mol. The summed E-state index contributed by atoms with van der Waals surface area (Å²) in [4.78, 5) is 77.7. The van der Waals surface area contributed by atoms with Crippen molar-refractivity contribution < 1.29 is 45.2 Å². The van der Waals surface area contributed by atoms with Crippen LogP contribution in [0.2, 0.25) is 15.9 Å². The number of nitrogens with one attached hydrogen (secondary N) is 1. The van der Waals surface area contributed by atoms with Gasteiger partial charge in [-0.05, 0) is 133 Å². The number of H-pyrrole nitrogens is 1. The normalized spacial score (nSPS) is 20.8. The Hall–Kier alpha value is -5.39. The predicted molar refractivity (Wildman–Crippen MR) is 346 cm³/mol. The third kappa shape index (κ3) is 17.2. The molecule has 0 bridgehead atoms. The van der Waals surface area contributed by atoms with E-state index in [4.69, 9.17) is 89.1 Å². The van der Waals surface area contributed by atoms with Crippen LogP contribution in [0.5, 0.6) is 0 Å². The fourth-order valence-electron chi connectivity index (χ4n) is 10.9. The number of hydrogen-bond acceptors (Lipinski definition) is 16. The van der Waals surface area contributed by atoms with Crippen LogP contribution in [0, 0.1) is 70.6 Å². The number of aryl methyl sites for hydroxylation is 6. The van der Waals surface area contributed by atoms with Gasteiger partial charge in [-0.3, -0.25) is 23.5 Å². The van der Waals surface area contributed by atoms with E-state index in [0.29, 0.717) is 108 Å². The molecule has 0 radical (unpaired) electrons. The second-order valence-corrected chi connectivity index (χ2v) is 24.1. The van der Waals surface area contributed by atoms with Crippen LogP contribution in [0.1, 0.15) is 134 Å². The SMILES string of the molecule is CC#N.CC[C@@H]1O[C@@H](n2cnc3c(-n4cc(C)c(=O)c(C)c4)nc(Cl)nc32)C[C@@H]1C.CC[C@H]1O[C@@H](n2cnc3c(-n4cc(C)c(=O)c(C)c4)nc(Cl)nc32)CC1C.CC[C@H]1O[C@H](Cl)CC1C.Cc1cn(-c2nc(Cl)nc3nc[nH]c23)cc(C)c1=O.ClCCl.[H-].[Na+]. The van der Waals surface area contributed by atoms with E-state index in [0.717, 1.165) is 38.5 Å². The number of ether oxygens (including phenoxy) is 3. The zero-order chi connectivity index (χ0) is 64.4. The molecule has 3 fully saturated rings. The molecule has 472 valence electrons. The second kappa shape index (κ2) is 32.8. The summed E-state index contributed by atoms with van der Waals surface area (Å²) in [5.74, 6) is 3.26. The van der Waals surface area contributed by atoms with Crippen molar-refractivity contribution in [1.82, 2.24) is 72.7 Å². The molecule has 29 heteroatoms. The largest absolute Gasteiger partial charge is 1.00 e. The molecule has 12 rings (SSSR count). The molecule has 1 N–H and O–H groups in total. The van der Waals surface area contributed by atoms with Crippen LogP contribution in [-0.2, 0) is 14.2 Å². The van der Waals surface area contributed by atoms with Crippen molar-refractivity contribution in [2.75, 3.05) is 5.34 Å². The summed E-state index contributed by atoms with van der Waals surface area (Å²) in [6, 6.07) is 1.75. The number of aromatic nitrogens is 15. The van der Waals surface area contributed by atoms with Crippen molar-refractivity contribution in [1.29, 1.82) is 5.26 Å². The monoisotopic (exact) mass is 1350 g/mol. The number of nitrogens with zero attached hydrogens (tertiary/aromatic N) is 15. The van der Waals surface area contributed by atoms with E-state index in [1.807, 2.05) is 9.13 Å². The minimum atomic E-state index is -0.119. The maximum Gasteiger partial charge on any atom is 1.00 e. The molecule has 9 atom stereocenters. The molecule has 0 spiro atoms. The summed E-state index contributed by atoms with van der Waals surface area (Å²) in [5, 5.41) is 7.89. The van der Waals surface area contributed by atoms with Gasteiger partial charge in [0.15, 0.2) is 61.7 Å². The zero-order valence-electron chi connectivity index (χ0n) is 53.3. The molecule has 0 aliphatic carbocycles. The minimum Gasteiger partial charge on any atom is -1.00 e. The van der Waals surface area contributed by atoms with Gasteiger partial charge in [-0.1, -0.05) is 53.1 Å². The molecule has 3 aliphatic heterocycles. The van der Waals surface area contributed by atoms with Crippen molar-refractivity contribution in [3.63, 3.8) is 0 Å². The molecule has 2 unspecified atom stereocenters. The van der Waals surface area contributed by atoms with Crippen molar-refractivity contribution in [2.45, 2.75) is 165 Å². The van der Waals surface area contributed by atoms with Crippen LogP contribution in [0.4, 0.5) is 0 Å². The van der Waals surface area contributed by atoms with E-state index in [1.165, 1.54) is 13.3 Å². The van der Waals surface area contributed by atoms with Crippen molar-refractivity contribution >= 4 is 103 Å². The fraction of sp³-hybridized carbons (Fsp3) is 0.483. The number of aromatic amines is 1. The van der Waals surface area contributed by atoms with Gasteiger partial charge in [0.1, 0.15) is 23.5 Å². The number of alkyl halides is 3. The van der Waals surface area contributed by atoms with Gasteiger partial charge in [0, 0.05) is 77.5 Å². The van der Waals surface area contributed by atoms with Crippen LogP contribution in [0.3, 0.4) is 0 Å². The van der Waals surface area contributed by atoms with Crippen LogP contribution < -0.4 is 45.8 Å². The zero-order valence-corrected chi connectivity index (χ0v) is 58.8. The molecule has 9 aromatic rings. The number of fused-ring (bicyclic) bond motifs is 3. The Balaban J connectivity index is 0.000000220. The first-order valence-electron chi connectivity index (χ1n) is 28.7. The first-order valence-corrected chi connectivity index (χ1v) is 31.3. The summed E-state index contributed by atoms with van der Waals surface area (Å²) in [5.41, 5.74) is 7.54. The van der Waals surface area contributed by atoms with E-state index in [-0.39, 0.29) is 98.7 Å². The minimum absolute atomic E-state index is 0. The van der Waals surface area contributed by atoms with Crippen LogP contribution in [0.25, 0.3) is 50.9 Å². The predicted octanol–water partition coefficient (Wildman–Crippen LogP) is 10.4. The molecule has 0 aromatic carbocycles. The molecule has 22 nitrogen and oxygen atoms in total.